The van der Waals surface area contributed by atoms with Crippen LogP contribution in [0, 0.1) is 6.92 Å². The van der Waals surface area contributed by atoms with Crippen molar-refractivity contribution < 1.29 is 13.9 Å². The van der Waals surface area contributed by atoms with Crippen LogP contribution >= 0.6 is 0 Å². The molecule has 74 heavy (non-hydrogen) atoms. The van der Waals surface area contributed by atoms with E-state index in [1.807, 2.05) is 6.07 Å². The second-order valence-corrected chi connectivity index (χ2v) is 23.9. The maximum atomic E-state index is 6.51. The van der Waals surface area contributed by atoms with E-state index in [9.17, 15) is 0 Å². The van der Waals surface area contributed by atoms with Crippen molar-refractivity contribution in [3.05, 3.63) is 198 Å². The van der Waals surface area contributed by atoms with Crippen molar-refractivity contribution in [3.63, 3.8) is 0 Å². The van der Waals surface area contributed by atoms with Crippen molar-refractivity contribution in [1.29, 1.82) is 0 Å². The van der Waals surface area contributed by atoms with Crippen LogP contribution in [0.25, 0.3) is 55.3 Å². The molecule has 3 aliphatic heterocycles. The molecule has 6 heteroatoms. The summed E-state index contributed by atoms with van der Waals surface area (Å²) in [6.45, 7) is 23.0. The van der Waals surface area contributed by atoms with E-state index in [1.165, 1.54) is 49.8 Å². The van der Waals surface area contributed by atoms with Gasteiger partial charge in [0.25, 0.3) is 6.71 Å². The molecule has 1 aromatic heterocycles. The molecule has 3 aliphatic rings. The Bertz CT molecular complexity index is 3830. The first-order chi connectivity index (χ1) is 35.4. The van der Waals surface area contributed by atoms with Gasteiger partial charge in [0.05, 0.1) is 5.69 Å². The van der Waals surface area contributed by atoms with E-state index in [0.29, 0.717) is 0 Å². The standard InChI is InChI=1S/C68H61BN2O3/c1-41-31-59-65-60(32-41)71(52-34-46(42-15-21-48(22-16-42)66(2,3)4)33-47(35-52)43-17-23-49(24-18-43)67(5,6)7)58-36-44(45-19-27-54-53-13-11-12-14-61(53)74-63(54)37-45)20-28-55(58)69(65)56-38-50(68(8,9)10)25-29-57(56)70(59)51-26-30-62-64(39-51)73-40-72-62/h11-39H,40H2,1-10H3. The van der Waals surface area contributed by atoms with Gasteiger partial charge in [-0.05, 0) is 168 Å². The van der Waals surface area contributed by atoms with E-state index in [1.54, 1.807) is 0 Å². The molecule has 9 aromatic carbocycles. The van der Waals surface area contributed by atoms with Crippen molar-refractivity contribution in [1.82, 2.24) is 0 Å². The Labute approximate surface area is 436 Å². The molecule has 4 heterocycles. The lowest BCUT2D eigenvalue weighted by molar-refractivity contribution is 0.174. The number of hydrogen-bond donors (Lipinski definition) is 0. The van der Waals surface area contributed by atoms with Gasteiger partial charge in [0, 0.05) is 45.3 Å². The predicted molar refractivity (Wildman–Crippen MR) is 311 cm³/mol. The van der Waals surface area contributed by atoms with Crippen LogP contribution in [0.4, 0.5) is 34.1 Å². The van der Waals surface area contributed by atoms with Crippen molar-refractivity contribution in [2.24, 2.45) is 0 Å². The highest BCUT2D eigenvalue weighted by atomic mass is 16.7. The first-order valence-corrected chi connectivity index (χ1v) is 26.2. The summed E-state index contributed by atoms with van der Waals surface area (Å²) in [6, 6.07) is 66.1. The Hall–Kier alpha value is -7.96. The smallest absolute Gasteiger partial charge is 0.252 e. The quantitative estimate of drug-likeness (QED) is 0.161. The van der Waals surface area contributed by atoms with Crippen LogP contribution in [0.2, 0.25) is 0 Å². The first-order valence-electron chi connectivity index (χ1n) is 26.2. The second-order valence-electron chi connectivity index (χ2n) is 23.9. The average Bonchev–Trinajstić information content (AvgIpc) is 4.04. The van der Waals surface area contributed by atoms with Gasteiger partial charge in [-0.1, -0.05) is 159 Å². The molecule has 13 rings (SSSR count). The van der Waals surface area contributed by atoms with E-state index in [-0.39, 0.29) is 29.8 Å². The average molecular weight is 965 g/mol. The van der Waals surface area contributed by atoms with Gasteiger partial charge in [-0.15, -0.1) is 0 Å². The highest BCUT2D eigenvalue weighted by Crippen LogP contribution is 2.49. The summed E-state index contributed by atoms with van der Waals surface area (Å²) in [5, 5.41) is 2.25. The Kier molecular flexibility index (Phi) is 10.2. The summed E-state index contributed by atoms with van der Waals surface area (Å²) >= 11 is 0. The number of benzene rings is 9. The fourth-order valence-corrected chi connectivity index (χ4v) is 11.7. The molecule has 0 aliphatic carbocycles. The van der Waals surface area contributed by atoms with Gasteiger partial charge < -0.3 is 23.7 Å². The molecule has 0 radical (unpaired) electrons. The SMILES string of the molecule is Cc1cc2c3c(c1)N(c1cc(-c4ccc(C(C)(C)C)cc4)cc(-c4ccc(C(C)(C)C)cc4)c1)c1cc(-c4ccc5c(c4)oc4ccccc45)ccc1B3c1cc(C(C)(C)C)ccc1N2c1ccc2c(c1)OCO2. The zero-order valence-corrected chi connectivity index (χ0v) is 44.1. The van der Waals surface area contributed by atoms with Crippen molar-refractivity contribution in [2.45, 2.75) is 85.5 Å². The molecule has 0 atom stereocenters. The summed E-state index contributed by atoms with van der Waals surface area (Å²) in [5.74, 6) is 1.53. The molecule has 0 N–H and O–H groups in total. The van der Waals surface area contributed by atoms with E-state index < -0.39 is 0 Å². The molecule has 0 amide bonds. The molecule has 5 nitrogen and oxygen atoms in total. The normalized spacial score (nSPS) is 13.9. The monoisotopic (exact) mass is 964 g/mol. The number of rotatable bonds is 5. The lowest BCUT2D eigenvalue weighted by Crippen LogP contribution is -2.61. The molecule has 364 valence electrons. The van der Waals surface area contributed by atoms with Crippen LogP contribution in [-0.4, -0.2) is 13.5 Å². The summed E-state index contributed by atoms with van der Waals surface area (Å²) in [7, 11) is 0. The van der Waals surface area contributed by atoms with Crippen LogP contribution in [0.5, 0.6) is 11.5 Å². The zero-order valence-electron chi connectivity index (χ0n) is 44.1. The number of anilines is 6. The van der Waals surface area contributed by atoms with Gasteiger partial charge >= 0.3 is 0 Å². The van der Waals surface area contributed by atoms with Crippen LogP contribution in [-0.2, 0) is 16.2 Å². The maximum Gasteiger partial charge on any atom is 0.252 e. The molecular formula is C68H61BN2O3. The van der Waals surface area contributed by atoms with Gasteiger partial charge in [0.2, 0.25) is 6.79 Å². The van der Waals surface area contributed by atoms with Gasteiger partial charge in [-0.3, -0.25) is 0 Å². The van der Waals surface area contributed by atoms with Crippen molar-refractivity contribution in [3.8, 4) is 44.9 Å². The summed E-state index contributed by atoms with van der Waals surface area (Å²) in [5.41, 5.74) is 24.3. The summed E-state index contributed by atoms with van der Waals surface area (Å²) in [4.78, 5) is 5.03. The number of para-hydroxylation sites is 1. The minimum atomic E-state index is -0.0787. The molecule has 0 fully saturated rings. The van der Waals surface area contributed by atoms with Gasteiger partial charge in [0.1, 0.15) is 11.2 Å². The molecule has 10 aromatic rings. The molecule has 0 bridgehead atoms. The van der Waals surface area contributed by atoms with Crippen LogP contribution in [0.15, 0.2) is 180 Å². The summed E-state index contributed by atoms with van der Waals surface area (Å²) < 4.78 is 18.4. The topological polar surface area (TPSA) is 38.1 Å². The number of aryl methyl sites for hydroxylation is 1. The number of furan rings is 1. The number of fused-ring (bicyclic) bond motifs is 8. The fraction of sp³-hybridized carbons (Fsp3) is 0.206. The van der Waals surface area contributed by atoms with E-state index in [2.05, 4.69) is 249 Å². The third-order valence-corrected chi connectivity index (χ3v) is 15.7. The molecular weight excluding hydrogens is 904 g/mol. The Morgan fingerprint density at radius 1 is 0.392 bits per heavy atom. The van der Waals surface area contributed by atoms with Crippen LogP contribution in [0.3, 0.4) is 0 Å². The van der Waals surface area contributed by atoms with Gasteiger partial charge in [-0.2, -0.15) is 0 Å². The third-order valence-electron chi connectivity index (χ3n) is 15.7. The van der Waals surface area contributed by atoms with Crippen molar-refractivity contribution in [2.75, 3.05) is 16.6 Å². The van der Waals surface area contributed by atoms with E-state index in [0.717, 1.165) is 89.8 Å². The lowest BCUT2D eigenvalue weighted by atomic mass is 9.33. The number of nitrogens with zero attached hydrogens (tertiary/aromatic N) is 2. The van der Waals surface area contributed by atoms with Gasteiger partial charge in [-0.25, -0.2) is 0 Å². The van der Waals surface area contributed by atoms with Crippen molar-refractivity contribution >= 4 is 79.2 Å². The molecule has 0 saturated heterocycles. The predicted octanol–water partition coefficient (Wildman–Crippen LogP) is 16.6. The Morgan fingerprint density at radius 2 is 0.959 bits per heavy atom. The second kappa shape index (κ2) is 16.5. The minimum Gasteiger partial charge on any atom is -0.456 e. The summed E-state index contributed by atoms with van der Waals surface area (Å²) in [6.07, 6.45) is 0. The van der Waals surface area contributed by atoms with Crippen LogP contribution < -0.4 is 35.7 Å². The molecule has 0 spiro atoms. The highest BCUT2D eigenvalue weighted by Gasteiger charge is 2.44. The van der Waals surface area contributed by atoms with E-state index in [4.69, 9.17) is 13.9 Å². The lowest BCUT2D eigenvalue weighted by Gasteiger charge is -2.45. The zero-order chi connectivity index (χ0) is 51.0. The third kappa shape index (κ3) is 7.60. The number of ether oxygens (including phenoxy) is 2. The molecule has 0 saturated carbocycles. The Balaban J connectivity index is 1.09. The first kappa shape index (κ1) is 45.9. The number of hydrogen-bond acceptors (Lipinski definition) is 5. The highest BCUT2D eigenvalue weighted by molar-refractivity contribution is 7.00. The fourth-order valence-electron chi connectivity index (χ4n) is 11.7. The minimum absolute atomic E-state index is 0.0338. The largest absolute Gasteiger partial charge is 0.456 e. The maximum absolute atomic E-state index is 6.51. The van der Waals surface area contributed by atoms with Gasteiger partial charge in [0.15, 0.2) is 11.5 Å². The van der Waals surface area contributed by atoms with Crippen LogP contribution in [0.1, 0.15) is 84.6 Å². The van der Waals surface area contributed by atoms with E-state index >= 15 is 0 Å². The molecule has 0 unspecified atom stereocenters. The Morgan fingerprint density at radius 3 is 1.62 bits per heavy atom.